The summed E-state index contributed by atoms with van der Waals surface area (Å²) in [6.07, 6.45) is -5.22. The van der Waals surface area contributed by atoms with Crippen LogP contribution in [0.4, 0.5) is 22.0 Å². The lowest BCUT2D eigenvalue weighted by atomic mass is 10.1. The molecule has 1 aliphatic heterocycles. The van der Waals surface area contributed by atoms with Crippen LogP contribution in [0.3, 0.4) is 0 Å². The van der Waals surface area contributed by atoms with E-state index in [2.05, 4.69) is 5.10 Å². The first kappa shape index (κ1) is 21.7. The van der Waals surface area contributed by atoms with Gasteiger partial charge >= 0.3 is 6.18 Å². The van der Waals surface area contributed by atoms with E-state index < -0.39 is 18.2 Å². The number of piperazine rings is 1. The van der Waals surface area contributed by atoms with Crippen LogP contribution in [0, 0.1) is 0 Å². The minimum Gasteiger partial charge on any atom is -0.339 e. The Hall–Kier alpha value is -2.49. The average molecular weight is 442 g/mol. The summed E-state index contributed by atoms with van der Waals surface area (Å²) in [6, 6.07) is 6.60. The molecule has 2 heterocycles. The third kappa shape index (κ3) is 5.23. The molecule has 1 aliphatic carbocycles. The zero-order valence-corrected chi connectivity index (χ0v) is 16.8. The van der Waals surface area contributed by atoms with Crippen LogP contribution < -0.4 is 0 Å². The second kappa shape index (κ2) is 8.57. The van der Waals surface area contributed by atoms with E-state index in [1.165, 1.54) is 12.1 Å². The van der Waals surface area contributed by atoms with Crippen molar-refractivity contribution < 1.29 is 26.7 Å². The molecule has 4 rings (SSSR count). The molecule has 1 aromatic heterocycles. The standard InChI is InChI=1S/C21H23F5N4O/c22-20(23)18-11-17(15-4-5-15)27-30(18)13-19(31)29-8-6-28(7-9-29)12-14-2-1-3-16(10-14)21(24,25)26/h1-3,10-11,15,20H,4-9,12-13H2. The van der Waals surface area contributed by atoms with E-state index >= 15 is 0 Å². The molecule has 1 saturated heterocycles. The zero-order chi connectivity index (χ0) is 22.2. The number of hydrogen-bond acceptors (Lipinski definition) is 3. The molecule has 0 unspecified atom stereocenters. The van der Waals surface area contributed by atoms with Crippen LogP contribution in [0.2, 0.25) is 0 Å². The van der Waals surface area contributed by atoms with Gasteiger partial charge in [-0.15, -0.1) is 0 Å². The SMILES string of the molecule is O=C(Cn1nc(C2CC2)cc1C(F)F)N1CCN(Cc2cccc(C(F)(F)F)c2)CC1. The maximum absolute atomic E-state index is 13.3. The first-order valence-corrected chi connectivity index (χ1v) is 10.2. The third-order valence-corrected chi connectivity index (χ3v) is 5.72. The van der Waals surface area contributed by atoms with Crippen molar-refractivity contribution in [1.29, 1.82) is 0 Å². The molecule has 10 heteroatoms. The number of carbonyl (C=O) groups is 1. The molecule has 2 aliphatic rings. The summed E-state index contributed by atoms with van der Waals surface area (Å²) in [4.78, 5) is 16.2. The molecule has 0 spiro atoms. The fraction of sp³-hybridized carbons (Fsp3) is 0.524. The second-order valence-corrected chi connectivity index (χ2v) is 8.08. The monoisotopic (exact) mass is 442 g/mol. The van der Waals surface area contributed by atoms with Gasteiger partial charge in [0.15, 0.2) is 0 Å². The quantitative estimate of drug-likeness (QED) is 0.634. The number of rotatable bonds is 6. The van der Waals surface area contributed by atoms with Crippen LogP contribution in [0.5, 0.6) is 0 Å². The number of hydrogen-bond donors (Lipinski definition) is 0. The summed E-state index contributed by atoms with van der Waals surface area (Å²) < 4.78 is 66.4. The normalized spacial score (nSPS) is 18.1. The van der Waals surface area contributed by atoms with E-state index in [9.17, 15) is 26.7 Å². The molecule has 1 aromatic carbocycles. The Morgan fingerprint density at radius 3 is 2.42 bits per heavy atom. The molecule has 2 fully saturated rings. The first-order chi connectivity index (χ1) is 14.7. The van der Waals surface area contributed by atoms with Crippen molar-refractivity contribution in [3.05, 3.63) is 52.8 Å². The molecule has 168 valence electrons. The highest BCUT2D eigenvalue weighted by molar-refractivity contribution is 5.76. The van der Waals surface area contributed by atoms with E-state index in [1.807, 2.05) is 4.90 Å². The summed E-state index contributed by atoms with van der Waals surface area (Å²) in [5, 5.41) is 4.21. The van der Waals surface area contributed by atoms with Crippen molar-refractivity contribution in [2.75, 3.05) is 26.2 Å². The zero-order valence-electron chi connectivity index (χ0n) is 16.8. The van der Waals surface area contributed by atoms with Crippen molar-refractivity contribution in [3.63, 3.8) is 0 Å². The van der Waals surface area contributed by atoms with Gasteiger partial charge < -0.3 is 4.90 Å². The predicted molar refractivity (Wildman–Crippen MR) is 102 cm³/mol. The van der Waals surface area contributed by atoms with Gasteiger partial charge in [-0.1, -0.05) is 18.2 Å². The highest BCUT2D eigenvalue weighted by Gasteiger charge is 2.31. The summed E-state index contributed by atoms with van der Waals surface area (Å²) >= 11 is 0. The molecule has 0 N–H and O–H groups in total. The number of benzene rings is 1. The number of nitrogens with zero attached hydrogens (tertiary/aromatic N) is 4. The Kier molecular flexibility index (Phi) is 6.00. The molecule has 5 nitrogen and oxygen atoms in total. The Bertz CT molecular complexity index is 930. The van der Waals surface area contributed by atoms with Crippen molar-refractivity contribution in [1.82, 2.24) is 19.6 Å². The smallest absolute Gasteiger partial charge is 0.339 e. The first-order valence-electron chi connectivity index (χ1n) is 10.2. The van der Waals surface area contributed by atoms with E-state index in [0.29, 0.717) is 44.0 Å². The highest BCUT2D eigenvalue weighted by Crippen LogP contribution is 2.40. The summed E-state index contributed by atoms with van der Waals surface area (Å²) in [6.45, 7) is 1.88. The van der Waals surface area contributed by atoms with Gasteiger partial charge in [0.2, 0.25) is 5.91 Å². The minimum atomic E-state index is -4.38. The molecule has 1 saturated carbocycles. The van der Waals surface area contributed by atoms with E-state index in [0.717, 1.165) is 29.7 Å². The molecule has 2 aromatic rings. The van der Waals surface area contributed by atoms with Gasteiger partial charge in [0.25, 0.3) is 6.43 Å². The fourth-order valence-corrected chi connectivity index (χ4v) is 3.82. The second-order valence-electron chi connectivity index (χ2n) is 8.08. The fourth-order valence-electron chi connectivity index (χ4n) is 3.82. The Labute approximate surface area is 176 Å². The summed E-state index contributed by atoms with van der Waals surface area (Å²) in [7, 11) is 0. The number of aromatic nitrogens is 2. The Morgan fingerprint density at radius 1 is 1.10 bits per heavy atom. The van der Waals surface area contributed by atoms with Gasteiger partial charge in [-0.05, 0) is 30.5 Å². The van der Waals surface area contributed by atoms with Crippen LogP contribution in [0.15, 0.2) is 30.3 Å². The number of halogens is 5. The van der Waals surface area contributed by atoms with Gasteiger partial charge in [-0.2, -0.15) is 18.3 Å². The molecule has 0 bridgehead atoms. The molecule has 1 amide bonds. The average Bonchev–Trinajstić information content (AvgIpc) is 3.48. The molecular weight excluding hydrogens is 419 g/mol. The predicted octanol–water partition coefficient (Wildman–Crippen LogP) is 4.06. The van der Waals surface area contributed by atoms with Crippen LogP contribution in [-0.4, -0.2) is 51.7 Å². The van der Waals surface area contributed by atoms with Crippen LogP contribution in [-0.2, 0) is 24.1 Å². The van der Waals surface area contributed by atoms with E-state index in [1.54, 1.807) is 11.0 Å². The lowest BCUT2D eigenvalue weighted by molar-refractivity contribution is -0.138. The van der Waals surface area contributed by atoms with Crippen LogP contribution >= 0.6 is 0 Å². The summed E-state index contributed by atoms with van der Waals surface area (Å²) in [5.41, 5.74) is 0.256. The lowest BCUT2D eigenvalue weighted by Gasteiger charge is -2.35. The highest BCUT2D eigenvalue weighted by atomic mass is 19.4. The molecular formula is C21H23F5N4O. The molecule has 0 radical (unpaired) electrons. The number of amides is 1. The summed E-state index contributed by atoms with van der Waals surface area (Å²) in [5.74, 6) is -0.0701. The van der Waals surface area contributed by atoms with Crippen molar-refractivity contribution in [2.24, 2.45) is 0 Å². The van der Waals surface area contributed by atoms with Gasteiger partial charge in [-0.3, -0.25) is 14.4 Å². The maximum atomic E-state index is 13.3. The van der Waals surface area contributed by atoms with Crippen LogP contribution in [0.25, 0.3) is 0 Å². The third-order valence-electron chi connectivity index (χ3n) is 5.72. The van der Waals surface area contributed by atoms with Crippen molar-refractivity contribution >= 4 is 5.91 Å². The maximum Gasteiger partial charge on any atom is 0.416 e. The molecule has 0 atom stereocenters. The van der Waals surface area contributed by atoms with Gasteiger partial charge in [0, 0.05) is 38.6 Å². The Balaban J connectivity index is 1.32. The Morgan fingerprint density at radius 2 is 1.81 bits per heavy atom. The van der Waals surface area contributed by atoms with E-state index in [-0.39, 0.29) is 24.1 Å². The van der Waals surface area contributed by atoms with Gasteiger partial charge in [0.05, 0.1) is 11.3 Å². The van der Waals surface area contributed by atoms with E-state index in [4.69, 9.17) is 0 Å². The largest absolute Gasteiger partial charge is 0.416 e. The van der Waals surface area contributed by atoms with Crippen LogP contribution in [0.1, 0.15) is 47.7 Å². The molecule has 31 heavy (non-hydrogen) atoms. The van der Waals surface area contributed by atoms with Gasteiger partial charge in [-0.25, -0.2) is 8.78 Å². The minimum absolute atomic E-state index is 0.216. The number of carbonyl (C=O) groups excluding carboxylic acids is 1. The lowest BCUT2D eigenvalue weighted by Crippen LogP contribution is -2.49. The topological polar surface area (TPSA) is 41.4 Å². The van der Waals surface area contributed by atoms with Crippen molar-refractivity contribution in [2.45, 2.75) is 44.5 Å². The van der Waals surface area contributed by atoms with Crippen molar-refractivity contribution in [3.8, 4) is 0 Å². The van der Waals surface area contributed by atoms with Gasteiger partial charge in [0.1, 0.15) is 12.2 Å². The number of alkyl halides is 5.